The molecule has 5 heteroatoms. The number of benzene rings is 1. The maximum absolute atomic E-state index is 12.4. The van der Waals surface area contributed by atoms with Gasteiger partial charge in [-0.15, -0.1) is 11.3 Å². The van der Waals surface area contributed by atoms with Gasteiger partial charge in [-0.25, -0.2) is 4.98 Å². The van der Waals surface area contributed by atoms with Crippen LogP contribution in [0.3, 0.4) is 0 Å². The van der Waals surface area contributed by atoms with Gasteiger partial charge >= 0.3 is 0 Å². The standard InChI is InChI=1S/C18H21ClN2OS/c1-10(2)18-21-16(9-23-18)11(3)20-17(22)15-8-14(15)12-5-4-6-13(19)7-12/h4-7,9-11,14-15H,8H2,1-3H3,(H,20,22)/t11-,14-,15+/m0/s1. The van der Waals surface area contributed by atoms with E-state index in [1.54, 1.807) is 11.3 Å². The Morgan fingerprint density at radius 2 is 2.17 bits per heavy atom. The van der Waals surface area contributed by atoms with E-state index in [2.05, 4.69) is 24.1 Å². The van der Waals surface area contributed by atoms with Crippen molar-refractivity contribution in [2.45, 2.75) is 45.1 Å². The lowest BCUT2D eigenvalue weighted by Crippen LogP contribution is -2.28. The lowest BCUT2D eigenvalue weighted by molar-refractivity contribution is -0.123. The average Bonchev–Trinajstić information content (AvgIpc) is 3.15. The Morgan fingerprint density at radius 3 is 2.83 bits per heavy atom. The number of thiazole rings is 1. The molecule has 1 heterocycles. The highest BCUT2D eigenvalue weighted by Crippen LogP contribution is 2.48. The second-order valence-corrected chi connectivity index (χ2v) is 7.83. The highest BCUT2D eigenvalue weighted by Gasteiger charge is 2.44. The second kappa shape index (κ2) is 6.62. The van der Waals surface area contributed by atoms with E-state index in [-0.39, 0.29) is 17.9 Å². The summed E-state index contributed by atoms with van der Waals surface area (Å²) in [4.78, 5) is 17.0. The molecule has 1 N–H and O–H groups in total. The molecule has 1 fully saturated rings. The molecule has 3 atom stereocenters. The molecule has 0 bridgehead atoms. The molecule has 23 heavy (non-hydrogen) atoms. The third kappa shape index (κ3) is 3.75. The van der Waals surface area contributed by atoms with Crippen LogP contribution in [0, 0.1) is 5.92 Å². The van der Waals surface area contributed by atoms with E-state index in [0.29, 0.717) is 11.8 Å². The van der Waals surface area contributed by atoms with Crippen molar-refractivity contribution < 1.29 is 4.79 Å². The summed E-state index contributed by atoms with van der Waals surface area (Å²) in [6, 6.07) is 7.75. The number of carbonyl (C=O) groups is 1. The number of hydrogen-bond acceptors (Lipinski definition) is 3. The summed E-state index contributed by atoms with van der Waals surface area (Å²) in [5, 5.41) is 6.98. The van der Waals surface area contributed by atoms with E-state index in [4.69, 9.17) is 11.6 Å². The summed E-state index contributed by atoms with van der Waals surface area (Å²) in [6.45, 7) is 6.26. The van der Waals surface area contributed by atoms with Crippen molar-refractivity contribution in [2.24, 2.45) is 5.92 Å². The molecule has 0 aliphatic heterocycles. The van der Waals surface area contributed by atoms with Gasteiger partial charge in [-0.1, -0.05) is 37.6 Å². The van der Waals surface area contributed by atoms with Crippen LogP contribution in [-0.2, 0) is 4.79 Å². The van der Waals surface area contributed by atoms with E-state index in [1.807, 2.05) is 36.6 Å². The molecule has 1 saturated carbocycles. The first-order chi connectivity index (χ1) is 11.0. The van der Waals surface area contributed by atoms with Gasteiger partial charge in [-0.05, 0) is 37.0 Å². The summed E-state index contributed by atoms with van der Waals surface area (Å²) in [5.41, 5.74) is 2.10. The van der Waals surface area contributed by atoms with Gasteiger partial charge in [0.1, 0.15) is 0 Å². The van der Waals surface area contributed by atoms with Crippen LogP contribution in [0.2, 0.25) is 5.02 Å². The highest BCUT2D eigenvalue weighted by atomic mass is 35.5. The predicted octanol–water partition coefficient (Wildman–Crippen LogP) is 4.90. The fourth-order valence-electron chi connectivity index (χ4n) is 2.75. The zero-order valence-corrected chi connectivity index (χ0v) is 15.1. The Morgan fingerprint density at radius 1 is 1.39 bits per heavy atom. The van der Waals surface area contributed by atoms with Crippen LogP contribution in [0.4, 0.5) is 0 Å². The van der Waals surface area contributed by atoms with Gasteiger partial charge in [0, 0.05) is 22.2 Å². The molecule has 122 valence electrons. The molecule has 1 amide bonds. The Labute approximate surface area is 146 Å². The fraction of sp³-hybridized carbons (Fsp3) is 0.444. The van der Waals surface area contributed by atoms with Crippen LogP contribution in [0.5, 0.6) is 0 Å². The molecule has 2 aromatic rings. The Hall–Kier alpha value is -1.39. The molecular weight excluding hydrogens is 328 g/mol. The summed E-state index contributed by atoms with van der Waals surface area (Å²) >= 11 is 7.69. The second-order valence-electron chi connectivity index (χ2n) is 6.50. The molecule has 0 unspecified atom stereocenters. The van der Waals surface area contributed by atoms with Crippen molar-refractivity contribution in [3.8, 4) is 0 Å². The van der Waals surface area contributed by atoms with Crippen LogP contribution < -0.4 is 5.32 Å². The molecule has 1 aliphatic rings. The van der Waals surface area contributed by atoms with Crippen molar-refractivity contribution in [2.75, 3.05) is 0 Å². The van der Waals surface area contributed by atoms with Crippen molar-refractivity contribution >= 4 is 28.8 Å². The molecule has 1 aliphatic carbocycles. The summed E-state index contributed by atoms with van der Waals surface area (Å²) < 4.78 is 0. The third-order valence-corrected chi connectivity index (χ3v) is 5.64. The van der Waals surface area contributed by atoms with Crippen LogP contribution in [0.25, 0.3) is 0 Å². The monoisotopic (exact) mass is 348 g/mol. The van der Waals surface area contributed by atoms with Gasteiger partial charge in [0.15, 0.2) is 0 Å². The minimum Gasteiger partial charge on any atom is -0.348 e. The molecule has 0 spiro atoms. The van der Waals surface area contributed by atoms with Crippen molar-refractivity contribution in [1.29, 1.82) is 0 Å². The maximum atomic E-state index is 12.4. The third-order valence-electron chi connectivity index (χ3n) is 4.24. The van der Waals surface area contributed by atoms with E-state index in [0.717, 1.165) is 27.7 Å². The number of amides is 1. The van der Waals surface area contributed by atoms with Gasteiger partial charge < -0.3 is 5.32 Å². The number of halogens is 1. The number of hydrogen-bond donors (Lipinski definition) is 1. The molecule has 3 rings (SSSR count). The molecule has 3 nitrogen and oxygen atoms in total. The fourth-order valence-corrected chi connectivity index (χ4v) is 3.88. The zero-order valence-electron chi connectivity index (χ0n) is 13.5. The SMILES string of the molecule is CC(C)c1nc([C@H](C)NC(=O)[C@@H]2C[C@H]2c2cccc(Cl)c2)cs1. The maximum Gasteiger partial charge on any atom is 0.224 e. The minimum atomic E-state index is -0.0492. The molecule has 0 saturated heterocycles. The number of nitrogens with zero attached hydrogens (tertiary/aromatic N) is 1. The smallest absolute Gasteiger partial charge is 0.224 e. The van der Waals surface area contributed by atoms with Crippen molar-refractivity contribution in [3.05, 3.63) is 50.9 Å². The van der Waals surface area contributed by atoms with Gasteiger partial charge in [0.05, 0.1) is 16.7 Å². The summed E-state index contributed by atoms with van der Waals surface area (Å²) in [7, 11) is 0. The topological polar surface area (TPSA) is 42.0 Å². The quantitative estimate of drug-likeness (QED) is 0.834. The largest absolute Gasteiger partial charge is 0.348 e. The molecule has 1 aromatic carbocycles. The van der Waals surface area contributed by atoms with Gasteiger partial charge in [-0.3, -0.25) is 4.79 Å². The number of carbonyl (C=O) groups excluding carboxylic acids is 1. The first kappa shape index (κ1) is 16.5. The Balaban J connectivity index is 1.59. The van der Waals surface area contributed by atoms with Crippen LogP contribution in [-0.4, -0.2) is 10.9 Å². The minimum absolute atomic E-state index is 0.0492. The Bertz CT molecular complexity index is 713. The number of nitrogens with one attached hydrogen (secondary N) is 1. The summed E-state index contributed by atoms with van der Waals surface area (Å²) in [5.74, 6) is 0.885. The van der Waals surface area contributed by atoms with Crippen LogP contribution in [0.1, 0.15) is 61.3 Å². The van der Waals surface area contributed by atoms with Gasteiger partial charge in [-0.2, -0.15) is 0 Å². The Kier molecular flexibility index (Phi) is 4.74. The van der Waals surface area contributed by atoms with E-state index in [1.165, 1.54) is 0 Å². The number of rotatable bonds is 5. The molecule has 0 radical (unpaired) electrons. The predicted molar refractivity (Wildman–Crippen MR) is 95.1 cm³/mol. The molecular formula is C18H21ClN2OS. The van der Waals surface area contributed by atoms with E-state index < -0.39 is 0 Å². The summed E-state index contributed by atoms with van der Waals surface area (Å²) in [6.07, 6.45) is 0.896. The van der Waals surface area contributed by atoms with Crippen molar-refractivity contribution in [1.82, 2.24) is 10.3 Å². The normalized spacial score (nSPS) is 21.3. The van der Waals surface area contributed by atoms with Crippen LogP contribution >= 0.6 is 22.9 Å². The van der Waals surface area contributed by atoms with Gasteiger partial charge in [0.25, 0.3) is 0 Å². The first-order valence-corrected chi connectivity index (χ1v) is 9.22. The molecule has 1 aromatic heterocycles. The zero-order chi connectivity index (χ0) is 16.6. The van der Waals surface area contributed by atoms with E-state index >= 15 is 0 Å². The average molecular weight is 349 g/mol. The first-order valence-electron chi connectivity index (χ1n) is 7.97. The number of aromatic nitrogens is 1. The van der Waals surface area contributed by atoms with E-state index in [9.17, 15) is 4.79 Å². The lowest BCUT2D eigenvalue weighted by Gasteiger charge is -2.12. The van der Waals surface area contributed by atoms with Crippen LogP contribution in [0.15, 0.2) is 29.6 Å². The van der Waals surface area contributed by atoms with Crippen molar-refractivity contribution in [3.63, 3.8) is 0 Å². The highest BCUT2D eigenvalue weighted by molar-refractivity contribution is 7.09. The lowest BCUT2D eigenvalue weighted by atomic mass is 10.1. The van der Waals surface area contributed by atoms with Gasteiger partial charge in [0.2, 0.25) is 5.91 Å².